The molecule has 0 fully saturated rings. The fourth-order valence-electron chi connectivity index (χ4n) is 1.77. The van der Waals surface area contributed by atoms with E-state index in [-0.39, 0.29) is 12.1 Å². The minimum atomic E-state index is -4.54. The van der Waals surface area contributed by atoms with Gasteiger partial charge in [-0.1, -0.05) is 6.07 Å². The maximum atomic E-state index is 13.2. The third-order valence-electron chi connectivity index (χ3n) is 2.67. The summed E-state index contributed by atoms with van der Waals surface area (Å²) in [6.45, 7) is 0.599. The van der Waals surface area contributed by atoms with Crippen molar-refractivity contribution >= 4 is 0 Å². The van der Waals surface area contributed by atoms with Gasteiger partial charge in [-0.15, -0.1) is 0 Å². The zero-order chi connectivity index (χ0) is 14.6. The molecule has 1 N–H and O–H groups in total. The summed E-state index contributed by atoms with van der Waals surface area (Å²) in [6.07, 6.45) is -1.26. The summed E-state index contributed by atoms with van der Waals surface area (Å²) >= 11 is 0. The van der Waals surface area contributed by atoms with Crippen molar-refractivity contribution in [3.8, 4) is 0 Å². The van der Waals surface area contributed by atoms with Crippen LogP contribution >= 0.6 is 0 Å². The molecule has 0 amide bonds. The van der Waals surface area contributed by atoms with E-state index >= 15 is 0 Å². The van der Waals surface area contributed by atoms with Crippen molar-refractivity contribution in [1.82, 2.24) is 10.3 Å². The van der Waals surface area contributed by atoms with Crippen LogP contribution in [-0.4, -0.2) is 4.98 Å². The van der Waals surface area contributed by atoms with E-state index in [1.807, 2.05) is 6.07 Å². The number of nitrogens with zero attached hydrogens (tertiary/aromatic N) is 1. The molecule has 1 aromatic carbocycles. The summed E-state index contributed by atoms with van der Waals surface area (Å²) in [7, 11) is 0. The summed E-state index contributed by atoms with van der Waals surface area (Å²) in [5.74, 6) is -0.891. The zero-order valence-corrected chi connectivity index (χ0v) is 10.4. The molecule has 0 saturated carbocycles. The maximum absolute atomic E-state index is 13.2. The number of hydrogen-bond acceptors (Lipinski definition) is 2. The van der Waals surface area contributed by atoms with E-state index in [1.165, 1.54) is 0 Å². The third kappa shape index (κ3) is 4.03. The van der Waals surface area contributed by atoms with Crippen molar-refractivity contribution in [2.24, 2.45) is 0 Å². The van der Waals surface area contributed by atoms with E-state index in [9.17, 15) is 17.6 Å². The Morgan fingerprint density at radius 2 is 1.80 bits per heavy atom. The highest BCUT2D eigenvalue weighted by Crippen LogP contribution is 2.30. The second kappa shape index (κ2) is 6.00. The first kappa shape index (κ1) is 14.5. The van der Waals surface area contributed by atoms with Gasteiger partial charge in [-0.3, -0.25) is 4.98 Å². The summed E-state index contributed by atoms with van der Waals surface area (Å²) in [5.41, 5.74) is 0.178. The molecule has 0 bridgehead atoms. The standard InChI is InChI=1S/C14H12F4N2/c15-13-5-11(4-12(6-13)14(16,17)18)9-20-8-10-2-1-3-19-7-10/h1-7,20H,8-9H2. The Balaban J connectivity index is 2.01. The molecular weight excluding hydrogens is 272 g/mol. The van der Waals surface area contributed by atoms with Gasteiger partial charge in [0, 0.05) is 25.5 Å². The van der Waals surface area contributed by atoms with E-state index in [1.54, 1.807) is 18.5 Å². The Labute approximate surface area is 113 Å². The molecule has 0 unspecified atom stereocenters. The monoisotopic (exact) mass is 284 g/mol. The van der Waals surface area contributed by atoms with Crippen molar-refractivity contribution in [3.05, 3.63) is 65.2 Å². The number of halogens is 4. The summed E-state index contributed by atoms with van der Waals surface area (Å²) < 4.78 is 50.8. The number of hydrogen-bond donors (Lipinski definition) is 1. The molecule has 0 aliphatic rings. The average molecular weight is 284 g/mol. The first-order valence-corrected chi connectivity index (χ1v) is 5.91. The molecule has 106 valence electrons. The predicted octanol–water partition coefficient (Wildman–Crippen LogP) is 3.53. The second-order valence-corrected chi connectivity index (χ2v) is 4.31. The van der Waals surface area contributed by atoms with E-state index in [2.05, 4.69) is 10.3 Å². The van der Waals surface area contributed by atoms with Crippen LogP contribution < -0.4 is 5.32 Å². The summed E-state index contributed by atoms with van der Waals surface area (Å²) in [6, 6.07) is 6.13. The lowest BCUT2D eigenvalue weighted by Gasteiger charge is -2.10. The normalized spacial score (nSPS) is 11.6. The first-order chi connectivity index (χ1) is 9.45. The highest BCUT2D eigenvalue weighted by Gasteiger charge is 2.31. The Bertz CT molecular complexity index is 567. The molecule has 0 aliphatic heterocycles. The summed E-state index contributed by atoms with van der Waals surface area (Å²) in [5, 5.41) is 2.95. The number of benzene rings is 1. The molecule has 0 saturated heterocycles. The molecular formula is C14H12F4N2. The van der Waals surface area contributed by atoms with Crippen LogP contribution in [0.5, 0.6) is 0 Å². The molecule has 2 nitrogen and oxygen atoms in total. The zero-order valence-electron chi connectivity index (χ0n) is 10.4. The van der Waals surface area contributed by atoms with E-state index in [0.717, 1.165) is 17.7 Å². The van der Waals surface area contributed by atoms with Crippen LogP contribution in [0.4, 0.5) is 17.6 Å². The van der Waals surface area contributed by atoms with Crippen LogP contribution in [0.3, 0.4) is 0 Å². The van der Waals surface area contributed by atoms with Gasteiger partial charge in [0.2, 0.25) is 0 Å². The van der Waals surface area contributed by atoms with Crippen LogP contribution in [-0.2, 0) is 19.3 Å². The third-order valence-corrected chi connectivity index (χ3v) is 2.67. The quantitative estimate of drug-likeness (QED) is 0.869. The molecule has 6 heteroatoms. The molecule has 0 radical (unpaired) electrons. The van der Waals surface area contributed by atoms with Crippen LogP contribution in [0.25, 0.3) is 0 Å². The van der Waals surface area contributed by atoms with Gasteiger partial charge in [-0.25, -0.2) is 4.39 Å². The minimum Gasteiger partial charge on any atom is -0.309 e. The van der Waals surface area contributed by atoms with Gasteiger partial charge in [0.05, 0.1) is 5.56 Å². The molecule has 1 aromatic heterocycles. The minimum absolute atomic E-state index is 0.149. The fraction of sp³-hybridized carbons (Fsp3) is 0.214. The van der Waals surface area contributed by atoms with Gasteiger partial charge in [-0.2, -0.15) is 13.2 Å². The van der Waals surface area contributed by atoms with Gasteiger partial charge in [0.15, 0.2) is 0 Å². The lowest BCUT2D eigenvalue weighted by atomic mass is 10.1. The Hall–Kier alpha value is -1.95. The van der Waals surface area contributed by atoms with Crippen molar-refractivity contribution < 1.29 is 17.6 Å². The molecule has 20 heavy (non-hydrogen) atoms. The Kier molecular flexibility index (Phi) is 4.34. The van der Waals surface area contributed by atoms with Crippen molar-refractivity contribution in [1.29, 1.82) is 0 Å². The van der Waals surface area contributed by atoms with E-state index in [4.69, 9.17) is 0 Å². The van der Waals surface area contributed by atoms with Crippen molar-refractivity contribution in [2.75, 3.05) is 0 Å². The van der Waals surface area contributed by atoms with Crippen LogP contribution in [0, 0.1) is 5.82 Å². The lowest BCUT2D eigenvalue weighted by Crippen LogP contribution is -2.14. The maximum Gasteiger partial charge on any atom is 0.416 e. The molecule has 0 atom stereocenters. The number of aromatic nitrogens is 1. The predicted molar refractivity (Wildman–Crippen MR) is 66.2 cm³/mol. The van der Waals surface area contributed by atoms with Gasteiger partial charge >= 0.3 is 6.18 Å². The van der Waals surface area contributed by atoms with E-state index in [0.29, 0.717) is 12.6 Å². The number of rotatable bonds is 4. The fourth-order valence-corrected chi connectivity index (χ4v) is 1.77. The highest BCUT2D eigenvalue weighted by atomic mass is 19.4. The molecule has 0 aliphatic carbocycles. The van der Waals surface area contributed by atoms with Gasteiger partial charge in [-0.05, 0) is 35.4 Å². The average Bonchev–Trinajstić information content (AvgIpc) is 2.38. The van der Waals surface area contributed by atoms with E-state index < -0.39 is 17.6 Å². The first-order valence-electron chi connectivity index (χ1n) is 5.91. The molecule has 1 heterocycles. The van der Waals surface area contributed by atoms with Crippen molar-refractivity contribution in [3.63, 3.8) is 0 Å². The Morgan fingerprint density at radius 3 is 2.45 bits per heavy atom. The van der Waals surface area contributed by atoms with Crippen LogP contribution in [0.1, 0.15) is 16.7 Å². The number of pyridine rings is 1. The van der Waals surface area contributed by atoms with Gasteiger partial charge in [0.25, 0.3) is 0 Å². The smallest absolute Gasteiger partial charge is 0.309 e. The molecule has 0 spiro atoms. The Morgan fingerprint density at radius 1 is 1.05 bits per heavy atom. The second-order valence-electron chi connectivity index (χ2n) is 4.31. The largest absolute Gasteiger partial charge is 0.416 e. The number of alkyl halides is 3. The van der Waals surface area contributed by atoms with Gasteiger partial charge < -0.3 is 5.32 Å². The molecule has 2 aromatic rings. The van der Waals surface area contributed by atoms with Crippen molar-refractivity contribution in [2.45, 2.75) is 19.3 Å². The highest BCUT2D eigenvalue weighted by molar-refractivity contribution is 5.26. The SMILES string of the molecule is Fc1cc(CNCc2cccnc2)cc(C(F)(F)F)c1. The number of nitrogens with one attached hydrogen (secondary N) is 1. The lowest BCUT2D eigenvalue weighted by molar-refractivity contribution is -0.137. The van der Waals surface area contributed by atoms with Crippen LogP contribution in [0.2, 0.25) is 0 Å². The topological polar surface area (TPSA) is 24.9 Å². The summed E-state index contributed by atoms with van der Waals surface area (Å²) in [4.78, 5) is 3.92. The van der Waals surface area contributed by atoms with Crippen LogP contribution in [0.15, 0.2) is 42.7 Å². The van der Waals surface area contributed by atoms with Gasteiger partial charge in [0.1, 0.15) is 5.82 Å². The molecule has 2 rings (SSSR count).